The summed E-state index contributed by atoms with van der Waals surface area (Å²) in [7, 11) is 0. The number of nitrogens with one attached hydrogen (secondary N) is 1. The monoisotopic (exact) mass is 357 g/mol. The maximum absolute atomic E-state index is 13.1. The Balaban J connectivity index is 1.40. The fourth-order valence-corrected chi connectivity index (χ4v) is 4.54. The molecule has 4 rings (SSSR count). The van der Waals surface area contributed by atoms with E-state index in [-0.39, 0.29) is 5.91 Å². The van der Waals surface area contributed by atoms with E-state index < -0.39 is 0 Å². The lowest BCUT2D eigenvalue weighted by Crippen LogP contribution is -2.42. The minimum Gasteiger partial charge on any atom is -0.382 e. The largest absolute Gasteiger partial charge is 0.382 e. The molecule has 5 heteroatoms. The molecule has 0 saturated carbocycles. The van der Waals surface area contributed by atoms with Crippen LogP contribution in [0.2, 0.25) is 0 Å². The predicted octanol–water partition coefficient (Wildman–Crippen LogP) is 2.98. The van der Waals surface area contributed by atoms with Gasteiger partial charge >= 0.3 is 0 Å². The second-order valence-corrected chi connectivity index (χ2v) is 7.91. The van der Waals surface area contributed by atoms with Gasteiger partial charge in [0.1, 0.15) is 0 Å². The van der Waals surface area contributed by atoms with Gasteiger partial charge in [-0.1, -0.05) is 6.07 Å². The Bertz CT molecular complexity index is 609. The van der Waals surface area contributed by atoms with Gasteiger partial charge in [0.25, 0.3) is 5.91 Å². The maximum atomic E-state index is 13.1. The normalized spacial score (nSPS) is 24.9. The number of likely N-dealkylation sites (tertiary alicyclic amines) is 2. The molecule has 0 bridgehead atoms. The minimum atomic E-state index is 0.197. The van der Waals surface area contributed by atoms with E-state index in [1.165, 1.54) is 25.9 Å². The van der Waals surface area contributed by atoms with E-state index in [2.05, 4.69) is 21.2 Å². The molecule has 0 aliphatic carbocycles. The molecule has 1 aromatic carbocycles. The minimum absolute atomic E-state index is 0.197. The summed E-state index contributed by atoms with van der Waals surface area (Å²) < 4.78 is 5.43. The first-order chi connectivity index (χ1) is 12.8. The number of carbonyl (C=O) groups is 1. The highest BCUT2D eigenvalue weighted by atomic mass is 16.5. The second-order valence-electron chi connectivity index (χ2n) is 7.91. The van der Waals surface area contributed by atoms with Crippen LogP contribution in [0.25, 0.3) is 0 Å². The van der Waals surface area contributed by atoms with Crippen molar-refractivity contribution in [1.29, 1.82) is 0 Å². The average Bonchev–Trinajstić information content (AvgIpc) is 3.35. The quantitative estimate of drug-likeness (QED) is 0.880. The molecule has 0 unspecified atom stereocenters. The number of nitrogens with zero attached hydrogens (tertiary/aromatic N) is 2. The van der Waals surface area contributed by atoms with Crippen LogP contribution in [0.3, 0.4) is 0 Å². The number of carbonyl (C=O) groups excluding carboxylic acids is 1. The highest BCUT2D eigenvalue weighted by molar-refractivity contribution is 5.95. The van der Waals surface area contributed by atoms with E-state index in [1.807, 2.05) is 18.2 Å². The Morgan fingerprint density at radius 1 is 1.08 bits per heavy atom. The summed E-state index contributed by atoms with van der Waals surface area (Å²) in [6.45, 7) is 5.98. The highest BCUT2D eigenvalue weighted by Crippen LogP contribution is 2.24. The summed E-state index contributed by atoms with van der Waals surface area (Å²) >= 11 is 0. The number of hydrogen-bond donors (Lipinski definition) is 1. The van der Waals surface area contributed by atoms with Crippen molar-refractivity contribution in [3.63, 3.8) is 0 Å². The Kier molecular flexibility index (Phi) is 5.75. The highest BCUT2D eigenvalue weighted by Gasteiger charge is 2.31. The number of benzene rings is 1. The van der Waals surface area contributed by atoms with Gasteiger partial charge in [0.2, 0.25) is 0 Å². The summed E-state index contributed by atoms with van der Waals surface area (Å²) in [6, 6.07) is 8.89. The first kappa shape index (κ1) is 17.8. The molecular weight excluding hydrogens is 326 g/mol. The number of anilines is 1. The number of amides is 1. The summed E-state index contributed by atoms with van der Waals surface area (Å²) in [5, 5.41) is 3.58. The van der Waals surface area contributed by atoms with Crippen LogP contribution >= 0.6 is 0 Å². The van der Waals surface area contributed by atoms with Crippen LogP contribution < -0.4 is 5.32 Å². The zero-order valence-corrected chi connectivity index (χ0v) is 15.7. The lowest BCUT2D eigenvalue weighted by atomic mass is 10.1. The standard InChI is InChI=1S/C21H31N3O2/c25-21(24-12-4-7-20(24)16-23-10-1-2-11-23)17-5-3-6-19(15-17)22-18-8-13-26-14-9-18/h3,5-6,15,18,20,22H,1-2,4,7-14,16H2/t20-/m1/s1. The first-order valence-corrected chi connectivity index (χ1v) is 10.3. The summed E-state index contributed by atoms with van der Waals surface area (Å²) in [5.74, 6) is 0.197. The van der Waals surface area contributed by atoms with Crippen molar-refractivity contribution in [2.24, 2.45) is 0 Å². The summed E-state index contributed by atoms with van der Waals surface area (Å²) in [5.41, 5.74) is 1.87. The van der Waals surface area contributed by atoms with Gasteiger partial charge < -0.3 is 19.9 Å². The molecule has 0 spiro atoms. The molecule has 3 heterocycles. The Hall–Kier alpha value is -1.59. The molecule has 3 saturated heterocycles. The van der Waals surface area contributed by atoms with Gasteiger partial charge in [0.05, 0.1) is 0 Å². The van der Waals surface area contributed by atoms with Gasteiger partial charge in [-0.2, -0.15) is 0 Å². The van der Waals surface area contributed by atoms with Crippen molar-refractivity contribution in [3.05, 3.63) is 29.8 Å². The molecular formula is C21H31N3O2. The first-order valence-electron chi connectivity index (χ1n) is 10.3. The van der Waals surface area contributed by atoms with Crippen molar-refractivity contribution < 1.29 is 9.53 Å². The van der Waals surface area contributed by atoms with Crippen LogP contribution in [-0.4, -0.2) is 67.2 Å². The molecule has 3 aliphatic heterocycles. The van der Waals surface area contributed by atoms with E-state index in [9.17, 15) is 4.79 Å². The molecule has 5 nitrogen and oxygen atoms in total. The van der Waals surface area contributed by atoms with Crippen LogP contribution in [0.15, 0.2) is 24.3 Å². The molecule has 1 amide bonds. The third-order valence-corrected chi connectivity index (χ3v) is 6.01. The molecule has 0 radical (unpaired) electrons. The molecule has 1 N–H and O–H groups in total. The van der Waals surface area contributed by atoms with Crippen LogP contribution in [0.5, 0.6) is 0 Å². The zero-order chi connectivity index (χ0) is 17.8. The Morgan fingerprint density at radius 2 is 1.88 bits per heavy atom. The third-order valence-electron chi connectivity index (χ3n) is 6.01. The average molecular weight is 357 g/mol. The molecule has 3 aliphatic rings. The van der Waals surface area contributed by atoms with Crippen molar-refractivity contribution in [2.75, 3.05) is 44.7 Å². The maximum Gasteiger partial charge on any atom is 0.254 e. The number of ether oxygens (including phenoxy) is 1. The van der Waals surface area contributed by atoms with Gasteiger partial charge in [-0.3, -0.25) is 4.79 Å². The van der Waals surface area contributed by atoms with E-state index in [0.717, 1.165) is 63.2 Å². The SMILES string of the molecule is O=C(c1cccc(NC2CCOCC2)c1)N1CCC[C@@H]1CN1CCCC1. The molecule has 1 atom stereocenters. The van der Waals surface area contributed by atoms with Gasteiger partial charge in [0, 0.05) is 49.6 Å². The molecule has 26 heavy (non-hydrogen) atoms. The molecule has 142 valence electrons. The zero-order valence-electron chi connectivity index (χ0n) is 15.7. The van der Waals surface area contributed by atoms with Crippen LogP contribution in [0.4, 0.5) is 5.69 Å². The van der Waals surface area contributed by atoms with Crippen molar-refractivity contribution in [3.8, 4) is 0 Å². The molecule has 0 aromatic heterocycles. The van der Waals surface area contributed by atoms with E-state index in [0.29, 0.717) is 12.1 Å². The van der Waals surface area contributed by atoms with Gasteiger partial charge in [-0.05, 0) is 69.8 Å². The number of rotatable bonds is 5. The lowest BCUT2D eigenvalue weighted by molar-refractivity contribution is 0.0708. The summed E-state index contributed by atoms with van der Waals surface area (Å²) in [4.78, 5) is 17.8. The number of hydrogen-bond acceptors (Lipinski definition) is 4. The van der Waals surface area contributed by atoms with Gasteiger partial charge in [-0.15, -0.1) is 0 Å². The van der Waals surface area contributed by atoms with Crippen molar-refractivity contribution in [2.45, 2.75) is 50.6 Å². The van der Waals surface area contributed by atoms with Crippen molar-refractivity contribution >= 4 is 11.6 Å². The topological polar surface area (TPSA) is 44.8 Å². The predicted molar refractivity (Wildman–Crippen MR) is 104 cm³/mol. The summed E-state index contributed by atoms with van der Waals surface area (Å²) in [6.07, 6.45) is 6.94. The van der Waals surface area contributed by atoms with E-state index in [1.54, 1.807) is 0 Å². The Labute approximate surface area is 156 Å². The lowest BCUT2D eigenvalue weighted by Gasteiger charge is -2.29. The van der Waals surface area contributed by atoms with E-state index in [4.69, 9.17) is 4.74 Å². The third kappa shape index (κ3) is 4.21. The fourth-order valence-electron chi connectivity index (χ4n) is 4.54. The van der Waals surface area contributed by atoms with Crippen molar-refractivity contribution in [1.82, 2.24) is 9.80 Å². The fraction of sp³-hybridized carbons (Fsp3) is 0.667. The second kappa shape index (κ2) is 8.40. The van der Waals surface area contributed by atoms with Gasteiger partial charge in [0.15, 0.2) is 0 Å². The Morgan fingerprint density at radius 3 is 2.69 bits per heavy atom. The smallest absolute Gasteiger partial charge is 0.254 e. The van der Waals surface area contributed by atoms with Gasteiger partial charge in [-0.25, -0.2) is 0 Å². The van der Waals surface area contributed by atoms with Crippen LogP contribution in [0, 0.1) is 0 Å². The van der Waals surface area contributed by atoms with Crippen LogP contribution in [0.1, 0.15) is 48.9 Å². The molecule has 3 fully saturated rings. The van der Waals surface area contributed by atoms with Crippen LogP contribution in [-0.2, 0) is 4.74 Å². The van der Waals surface area contributed by atoms with E-state index >= 15 is 0 Å². The molecule has 1 aromatic rings.